The summed E-state index contributed by atoms with van der Waals surface area (Å²) in [6.07, 6.45) is -2.13. The lowest BCUT2D eigenvalue weighted by molar-refractivity contribution is -0.125. The average Bonchev–Trinajstić information content (AvgIpc) is 2.74. The number of aliphatic hydroxyl groups is 1. The standard InChI is InChI=1S/C21H29N5O6/c1-11(2)17(23)20(30)26-14-8-12(19(29)24-10-16(22)27)9-15(18(14)28)32-21(31)25-13-6-4-3-5-7-13/h3-8,11,14-15,17-18,28H,9-10,23H2,1-2H3,(H2,22,27)(H,24,29)(H,25,31)(H,26,30)/t14-,15-,17-,18-/m1/s1. The predicted molar refractivity (Wildman–Crippen MR) is 116 cm³/mol. The summed E-state index contributed by atoms with van der Waals surface area (Å²) in [5.74, 6) is -2.08. The van der Waals surface area contributed by atoms with Crippen LogP contribution in [0.5, 0.6) is 0 Å². The van der Waals surface area contributed by atoms with Crippen LogP contribution in [0.3, 0.4) is 0 Å². The molecule has 0 aromatic heterocycles. The SMILES string of the molecule is CC(C)[C@@H](N)C(=O)N[C@@H]1C=C(C(=O)NCC(N)=O)C[C@@H](OC(=O)Nc2ccccc2)[C@@H]1O. The van der Waals surface area contributed by atoms with E-state index in [1.54, 1.807) is 44.2 Å². The highest BCUT2D eigenvalue weighted by atomic mass is 16.6. The number of nitrogens with two attached hydrogens (primary N) is 2. The molecule has 0 unspecified atom stereocenters. The van der Waals surface area contributed by atoms with Gasteiger partial charge in [-0.25, -0.2) is 4.79 Å². The minimum absolute atomic E-state index is 0.109. The van der Waals surface area contributed by atoms with Gasteiger partial charge < -0.3 is 31.9 Å². The van der Waals surface area contributed by atoms with Gasteiger partial charge in [0, 0.05) is 17.7 Å². The number of carbonyl (C=O) groups excluding carboxylic acids is 4. The van der Waals surface area contributed by atoms with E-state index in [0.29, 0.717) is 5.69 Å². The second-order valence-corrected chi connectivity index (χ2v) is 7.77. The van der Waals surface area contributed by atoms with Crippen molar-refractivity contribution in [2.24, 2.45) is 17.4 Å². The highest BCUT2D eigenvalue weighted by molar-refractivity contribution is 5.96. The van der Waals surface area contributed by atoms with E-state index in [2.05, 4.69) is 16.0 Å². The van der Waals surface area contributed by atoms with Crippen molar-refractivity contribution in [3.05, 3.63) is 42.0 Å². The molecule has 1 aromatic carbocycles. The maximum Gasteiger partial charge on any atom is 0.411 e. The zero-order chi connectivity index (χ0) is 23.8. The molecular weight excluding hydrogens is 418 g/mol. The number of ether oxygens (including phenoxy) is 1. The molecule has 1 aromatic rings. The van der Waals surface area contributed by atoms with Crippen LogP contribution in [0.2, 0.25) is 0 Å². The lowest BCUT2D eigenvalue weighted by Crippen LogP contribution is -2.56. The first kappa shape index (κ1) is 24.8. The Bertz CT molecular complexity index is 873. The molecule has 1 aliphatic carbocycles. The third-order valence-corrected chi connectivity index (χ3v) is 4.87. The van der Waals surface area contributed by atoms with E-state index < -0.39 is 54.7 Å². The Morgan fingerprint density at radius 1 is 1.19 bits per heavy atom. The molecule has 2 rings (SSSR count). The molecule has 174 valence electrons. The van der Waals surface area contributed by atoms with Crippen LogP contribution < -0.4 is 27.4 Å². The fraction of sp³-hybridized carbons (Fsp3) is 0.429. The van der Waals surface area contributed by atoms with Crippen molar-refractivity contribution < 1.29 is 29.0 Å². The van der Waals surface area contributed by atoms with Gasteiger partial charge in [0.15, 0.2) is 0 Å². The first-order chi connectivity index (χ1) is 15.1. The van der Waals surface area contributed by atoms with Gasteiger partial charge in [-0.3, -0.25) is 19.7 Å². The summed E-state index contributed by atoms with van der Waals surface area (Å²) in [4.78, 5) is 48.1. The summed E-state index contributed by atoms with van der Waals surface area (Å²) >= 11 is 0. The number of para-hydroxylation sites is 1. The Hall–Kier alpha value is -3.44. The zero-order valence-electron chi connectivity index (χ0n) is 17.9. The van der Waals surface area contributed by atoms with Gasteiger partial charge in [-0.1, -0.05) is 38.1 Å². The Kier molecular flexibility index (Phi) is 8.73. The third-order valence-electron chi connectivity index (χ3n) is 4.87. The third kappa shape index (κ3) is 7.06. The van der Waals surface area contributed by atoms with E-state index in [1.807, 2.05) is 0 Å². The number of carbonyl (C=O) groups is 4. The van der Waals surface area contributed by atoms with Crippen molar-refractivity contribution in [3.8, 4) is 0 Å². The van der Waals surface area contributed by atoms with Gasteiger partial charge >= 0.3 is 6.09 Å². The van der Waals surface area contributed by atoms with Crippen LogP contribution in [0.1, 0.15) is 20.3 Å². The number of rotatable bonds is 8. The monoisotopic (exact) mass is 447 g/mol. The summed E-state index contributed by atoms with van der Waals surface area (Å²) in [6.45, 7) is 3.13. The molecule has 0 spiro atoms. The lowest BCUT2D eigenvalue weighted by Gasteiger charge is -2.34. The van der Waals surface area contributed by atoms with Gasteiger partial charge in [0.05, 0.1) is 18.6 Å². The van der Waals surface area contributed by atoms with Gasteiger partial charge in [-0.15, -0.1) is 0 Å². The molecule has 11 heteroatoms. The van der Waals surface area contributed by atoms with Gasteiger partial charge in [0.1, 0.15) is 12.2 Å². The minimum Gasteiger partial charge on any atom is -0.443 e. The molecule has 0 fully saturated rings. The second-order valence-electron chi connectivity index (χ2n) is 7.77. The topological polar surface area (TPSA) is 186 Å². The second kappa shape index (κ2) is 11.3. The average molecular weight is 447 g/mol. The molecule has 4 amide bonds. The van der Waals surface area contributed by atoms with E-state index in [-0.39, 0.29) is 17.9 Å². The molecule has 8 N–H and O–H groups in total. The van der Waals surface area contributed by atoms with Crippen LogP contribution in [0.25, 0.3) is 0 Å². The van der Waals surface area contributed by atoms with Gasteiger partial charge in [-0.2, -0.15) is 0 Å². The summed E-state index contributed by atoms with van der Waals surface area (Å²) in [5, 5.41) is 18.2. The van der Waals surface area contributed by atoms with Gasteiger partial charge in [-0.05, 0) is 18.1 Å². The number of primary amides is 1. The summed E-state index contributed by atoms with van der Waals surface area (Å²) in [7, 11) is 0. The predicted octanol–water partition coefficient (Wildman–Crippen LogP) is -0.636. The molecule has 0 saturated heterocycles. The molecule has 0 bridgehead atoms. The molecule has 1 aliphatic rings. The number of aliphatic hydroxyl groups excluding tert-OH is 1. The maximum absolute atomic E-state index is 12.4. The van der Waals surface area contributed by atoms with Crippen molar-refractivity contribution in [1.82, 2.24) is 10.6 Å². The quantitative estimate of drug-likeness (QED) is 0.306. The van der Waals surface area contributed by atoms with Crippen molar-refractivity contribution in [1.29, 1.82) is 0 Å². The fourth-order valence-electron chi connectivity index (χ4n) is 3.01. The fourth-order valence-corrected chi connectivity index (χ4v) is 3.01. The largest absolute Gasteiger partial charge is 0.443 e. The number of anilines is 1. The minimum atomic E-state index is -1.34. The molecule has 0 saturated carbocycles. The summed E-state index contributed by atoms with van der Waals surface area (Å²) < 4.78 is 5.34. The first-order valence-corrected chi connectivity index (χ1v) is 10.1. The van der Waals surface area contributed by atoms with Crippen molar-refractivity contribution in [2.45, 2.75) is 44.6 Å². The molecule has 4 atom stereocenters. The van der Waals surface area contributed by atoms with Crippen molar-refractivity contribution in [3.63, 3.8) is 0 Å². The number of nitrogens with one attached hydrogen (secondary N) is 3. The van der Waals surface area contributed by atoms with Crippen LogP contribution in [-0.4, -0.2) is 59.8 Å². The zero-order valence-corrected chi connectivity index (χ0v) is 17.9. The Morgan fingerprint density at radius 3 is 2.44 bits per heavy atom. The van der Waals surface area contributed by atoms with Crippen LogP contribution in [0.4, 0.5) is 10.5 Å². The Balaban J connectivity index is 2.17. The van der Waals surface area contributed by atoms with Gasteiger partial charge in [0.25, 0.3) is 0 Å². The van der Waals surface area contributed by atoms with E-state index in [9.17, 15) is 24.3 Å². The van der Waals surface area contributed by atoms with Crippen LogP contribution in [0, 0.1) is 5.92 Å². The number of hydrogen-bond donors (Lipinski definition) is 6. The number of amides is 4. The Labute approximate surface area is 185 Å². The van der Waals surface area contributed by atoms with E-state index in [1.165, 1.54) is 6.08 Å². The van der Waals surface area contributed by atoms with Crippen LogP contribution in [-0.2, 0) is 19.1 Å². The normalized spacial score (nSPS) is 21.2. The molecule has 0 aliphatic heterocycles. The van der Waals surface area contributed by atoms with Crippen LogP contribution in [0.15, 0.2) is 42.0 Å². The number of benzene rings is 1. The number of hydrogen-bond acceptors (Lipinski definition) is 7. The first-order valence-electron chi connectivity index (χ1n) is 10.1. The van der Waals surface area contributed by atoms with Crippen molar-refractivity contribution in [2.75, 3.05) is 11.9 Å². The highest BCUT2D eigenvalue weighted by Crippen LogP contribution is 2.23. The van der Waals surface area contributed by atoms with E-state index in [4.69, 9.17) is 16.2 Å². The molecule has 0 heterocycles. The molecule has 11 nitrogen and oxygen atoms in total. The molecule has 0 radical (unpaired) electrons. The highest BCUT2D eigenvalue weighted by Gasteiger charge is 2.38. The smallest absolute Gasteiger partial charge is 0.411 e. The lowest BCUT2D eigenvalue weighted by atomic mass is 9.89. The Morgan fingerprint density at radius 2 is 1.84 bits per heavy atom. The van der Waals surface area contributed by atoms with Crippen molar-refractivity contribution >= 4 is 29.5 Å². The van der Waals surface area contributed by atoms with E-state index >= 15 is 0 Å². The summed E-state index contributed by atoms with van der Waals surface area (Å²) in [5.41, 5.74) is 11.5. The maximum atomic E-state index is 12.4. The molecule has 32 heavy (non-hydrogen) atoms. The molecular formula is C21H29N5O6. The van der Waals surface area contributed by atoms with E-state index in [0.717, 1.165) is 0 Å². The van der Waals surface area contributed by atoms with Gasteiger partial charge in [0.2, 0.25) is 17.7 Å². The van der Waals surface area contributed by atoms with Crippen LogP contribution >= 0.6 is 0 Å². The summed E-state index contributed by atoms with van der Waals surface area (Å²) in [6, 6.07) is 6.62.